The molecule has 0 bridgehead atoms. The van der Waals surface area contributed by atoms with E-state index >= 15 is 0 Å². The van der Waals surface area contributed by atoms with Crippen molar-refractivity contribution in [3.8, 4) is 0 Å². The van der Waals surface area contributed by atoms with Gasteiger partial charge in [-0.25, -0.2) is 0 Å². The number of benzene rings is 6. The molecule has 1 amide bonds. The molecule has 1 N–H and O–H groups in total. The first-order valence-electron chi connectivity index (χ1n) is 11.6. The van der Waals surface area contributed by atoms with Crippen molar-refractivity contribution in [2.45, 2.75) is 6.54 Å². The summed E-state index contributed by atoms with van der Waals surface area (Å²) in [6.45, 7) is 0.399. The Balaban J connectivity index is 1.38. The van der Waals surface area contributed by atoms with Gasteiger partial charge in [-0.1, -0.05) is 66.7 Å². The van der Waals surface area contributed by atoms with E-state index in [1.165, 1.54) is 39.1 Å². The average Bonchev–Trinajstić information content (AvgIpc) is 2.91. The predicted octanol–water partition coefficient (Wildman–Crippen LogP) is 7.40. The van der Waals surface area contributed by atoms with Gasteiger partial charge in [0, 0.05) is 17.8 Å². The molecular formula is C30H21N3O3. The number of nitrogens with zero attached hydrogens (tertiary/aromatic N) is 2. The van der Waals surface area contributed by atoms with Crippen LogP contribution in [0.3, 0.4) is 0 Å². The second kappa shape index (κ2) is 8.67. The minimum absolute atomic E-state index is 0.0253. The van der Waals surface area contributed by atoms with E-state index in [1.54, 1.807) is 17.0 Å². The summed E-state index contributed by atoms with van der Waals surface area (Å²) in [5.74, 6) is 0. The quantitative estimate of drug-likeness (QED) is 0.114. The number of carbonyl (C=O) groups excluding carboxylic acids is 1. The van der Waals surface area contributed by atoms with E-state index in [2.05, 4.69) is 59.9 Å². The van der Waals surface area contributed by atoms with Gasteiger partial charge in [-0.3, -0.25) is 14.9 Å². The number of hydrogen-bond acceptors (Lipinski definition) is 4. The Kier molecular flexibility index (Phi) is 5.19. The SMILES string of the molecule is O=CN(Cc1ccc2ccc3cccc4ccc1c2c34)c1ccccc1Nc1ccc([N+](=O)[O-])cc1. The van der Waals surface area contributed by atoms with Crippen LogP contribution in [-0.4, -0.2) is 11.3 Å². The van der Waals surface area contributed by atoms with Crippen LogP contribution in [0.15, 0.2) is 103 Å². The predicted molar refractivity (Wildman–Crippen MR) is 145 cm³/mol. The maximum atomic E-state index is 12.3. The second-order valence-corrected chi connectivity index (χ2v) is 8.76. The van der Waals surface area contributed by atoms with Crippen LogP contribution in [0.4, 0.5) is 22.7 Å². The van der Waals surface area contributed by atoms with Crippen LogP contribution in [0.2, 0.25) is 0 Å². The molecule has 0 fully saturated rings. The molecular weight excluding hydrogens is 450 g/mol. The highest BCUT2D eigenvalue weighted by Crippen LogP contribution is 2.37. The summed E-state index contributed by atoms with van der Waals surface area (Å²) in [6, 6.07) is 32.9. The molecule has 0 saturated heterocycles. The first-order valence-corrected chi connectivity index (χ1v) is 11.6. The minimum atomic E-state index is -0.428. The molecule has 0 aromatic heterocycles. The number of nitrogens with one attached hydrogen (secondary N) is 1. The molecule has 0 heterocycles. The van der Waals surface area contributed by atoms with Gasteiger partial charge in [0.05, 0.1) is 22.8 Å². The topological polar surface area (TPSA) is 75.5 Å². The van der Waals surface area contributed by atoms with Crippen LogP contribution in [0, 0.1) is 10.1 Å². The lowest BCUT2D eigenvalue weighted by Gasteiger charge is -2.23. The highest BCUT2D eigenvalue weighted by molar-refractivity contribution is 6.23. The normalized spacial score (nSPS) is 11.2. The van der Waals surface area contributed by atoms with Crippen molar-refractivity contribution in [1.29, 1.82) is 0 Å². The number of carbonyl (C=O) groups is 1. The Bertz CT molecular complexity index is 1730. The lowest BCUT2D eigenvalue weighted by molar-refractivity contribution is -0.384. The van der Waals surface area contributed by atoms with Gasteiger partial charge >= 0.3 is 0 Å². The van der Waals surface area contributed by atoms with E-state index in [1.807, 2.05) is 24.3 Å². The van der Waals surface area contributed by atoms with E-state index in [0.717, 1.165) is 28.7 Å². The molecule has 0 aliphatic carbocycles. The number of hydrogen-bond donors (Lipinski definition) is 1. The van der Waals surface area contributed by atoms with Crippen molar-refractivity contribution in [2.24, 2.45) is 0 Å². The summed E-state index contributed by atoms with van der Waals surface area (Å²) in [7, 11) is 0. The summed E-state index contributed by atoms with van der Waals surface area (Å²) in [4.78, 5) is 24.6. The fraction of sp³-hybridized carbons (Fsp3) is 0.0333. The highest BCUT2D eigenvalue weighted by atomic mass is 16.6. The monoisotopic (exact) mass is 471 g/mol. The molecule has 0 aliphatic rings. The van der Waals surface area contributed by atoms with Crippen molar-refractivity contribution >= 4 is 61.5 Å². The Morgan fingerprint density at radius 1 is 0.750 bits per heavy atom. The summed E-state index contributed by atoms with van der Waals surface area (Å²) in [5, 5.41) is 21.4. The molecule has 0 atom stereocenters. The van der Waals surface area contributed by atoms with Crippen LogP contribution >= 0.6 is 0 Å². The van der Waals surface area contributed by atoms with Gasteiger partial charge in [-0.05, 0) is 62.1 Å². The molecule has 0 aliphatic heterocycles. The molecule has 6 aromatic carbocycles. The zero-order valence-electron chi connectivity index (χ0n) is 19.2. The van der Waals surface area contributed by atoms with E-state index in [-0.39, 0.29) is 5.69 Å². The van der Waals surface area contributed by atoms with E-state index in [9.17, 15) is 14.9 Å². The standard InChI is InChI=1S/C30H21N3O3/c34-19-32(28-7-2-1-6-27(28)31-24-13-15-25(16-14-24)33(35)36)18-23-11-10-22-9-8-20-4-3-5-21-12-17-26(23)30(22)29(20)21/h1-17,19,31H,18H2. The summed E-state index contributed by atoms with van der Waals surface area (Å²) in [6.07, 6.45) is 0.842. The largest absolute Gasteiger partial charge is 0.354 e. The molecule has 6 rings (SSSR count). The molecule has 0 radical (unpaired) electrons. The smallest absolute Gasteiger partial charge is 0.269 e. The lowest BCUT2D eigenvalue weighted by Crippen LogP contribution is -2.21. The van der Waals surface area contributed by atoms with Crippen LogP contribution in [-0.2, 0) is 11.3 Å². The van der Waals surface area contributed by atoms with Gasteiger partial charge in [0.25, 0.3) is 5.69 Å². The van der Waals surface area contributed by atoms with Gasteiger partial charge in [0.1, 0.15) is 0 Å². The average molecular weight is 472 g/mol. The molecule has 36 heavy (non-hydrogen) atoms. The molecule has 0 saturated carbocycles. The van der Waals surface area contributed by atoms with Gasteiger partial charge in [-0.15, -0.1) is 0 Å². The second-order valence-electron chi connectivity index (χ2n) is 8.76. The fourth-order valence-electron chi connectivity index (χ4n) is 4.95. The zero-order valence-corrected chi connectivity index (χ0v) is 19.2. The number of nitro benzene ring substituents is 1. The van der Waals surface area contributed by atoms with Crippen LogP contribution in [0.1, 0.15) is 5.56 Å². The number of amides is 1. The van der Waals surface area contributed by atoms with E-state index in [0.29, 0.717) is 12.2 Å². The van der Waals surface area contributed by atoms with Gasteiger partial charge in [0.2, 0.25) is 6.41 Å². The summed E-state index contributed by atoms with van der Waals surface area (Å²) >= 11 is 0. The van der Waals surface area contributed by atoms with Crippen molar-refractivity contribution in [2.75, 3.05) is 10.2 Å². The maximum Gasteiger partial charge on any atom is 0.269 e. The molecule has 174 valence electrons. The first-order chi connectivity index (χ1) is 17.6. The van der Waals surface area contributed by atoms with Crippen LogP contribution < -0.4 is 10.2 Å². The molecule has 0 unspecified atom stereocenters. The molecule has 6 heteroatoms. The number of anilines is 3. The Hall–Kier alpha value is -4.97. The van der Waals surface area contributed by atoms with Gasteiger partial charge in [0.15, 0.2) is 0 Å². The van der Waals surface area contributed by atoms with E-state index < -0.39 is 4.92 Å². The number of non-ortho nitro benzene ring substituents is 1. The van der Waals surface area contributed by atoms with E-state index in [4.69, 9.17) is 0 Å². The number of para-hydroxylation sites is 2. The van der Waals surface area contributed by atoms with Crippen LogP contribution in [0.25, 0.3) is 32.3 Å². The number of nitro groups is 1. The zero-order chi connectivity index (χ0) is 24.6. The molecule has 6 nitrogen and oxygen atoms in total. The lowest BCUT2D eigenvalue weighted by atomic mass is 9.92. The van der Waals surface area contributed by atoms with Crippen LogP contribution in [0.5, 0.6) is 0 Å². The summed E-state index contributed by atoms with van der Waals surface area (Å²) in [5.41, 5.74) is 3.23. The summed E-state index contributed by atoms with van der Waals surface area (Å²) < 4.78 is 0. The Morgan fingerprint density at radius 2 is 1.42 bits per heavy atom. The Labute approximate surface area is 206 Å². The van der Waals surface area contributed by atoms with Crippen molar-refractivity contribution in [3.63, 3.8) is 0 Å². The highest BCUT2D eigenvalue weighted by Gasteiger charge is 2.16. The molecule has 6 aromatic rings. The maximum absolute atomic E-state index is 12.3. The van der Waals surface area contributed by atoms with Crippen molar-refractivity contribution < 1.29 is 9.72 Å². The third kappa shape index (κ3) is 3.65. The molecule has 0 spiro atoms. The first kappa shape index (κ1) is 21.6. The fourth-order valence-corrected chi connectivity index (χ4v) is 4.95. The third-order valence-corrected chi connectivity index (χ3v) is 6.66. The van der Waals surface area contributed by atoms with Gasteiger partial charge < -0.3 is 10.2 Å². The third-order valence-electron chi connectivity index (χ3n) is 6.66. The van der Waals surface area contributed by atoms with Crippen molar-refractivity contribution in [3.05, 3.63) is 119 Å². The van der Waals surface area contributed by atoms with Gasteiger partial charge in [-0.2, -0.15) is 0 Å². The van der Waals surface area contributed by atoms with Crippen molar-refractivity contribution in [1.82, 2.24) is 0 Å². The Morgan fingerprint density at radius 3 is 2.14 bits per heavy atom. The minimum Gasteiger partial charge on any atom is -0.354 e. The number of rotatable bonds is 7.